The number of halogens is 2. The van der Waals surface area contributed by atoms with Crippen LogP contribution in [0.1, 0.15) is 44.8 Å². The second-order valence-corrected chi connectivity index (χ2v) is 6.05. The van der Waals surface area contributed by atoms with Crippen LogP contribution in [0.5, 0.6) is 0 Å². The van der Waals surface area contributed by atoms with E-state index in [-0.39, 0.29) is 10.9 Å². The molecule has 100 valence electrons. The largest absolute Gasteiger partial charge is 0.388 e. The molecule has 0 amide bonds. The van der Waals surface area contributed by atoms with Crippen LogP contribution in [-0.4, -0.2) is 5.11 Å². The van der Waals surface area contributed by atoms with Gasteiger partial charge in [0.1, 0.15) is 5.82 Å². The molecule has 2 rings (SSSR count). The van der Waals surface area contributed by atoms with Crippen LogP contribution in [0.15, 0.2) is 18.2 Å². The van der Waals surface area contributed by atoms with Crippen molar-refractivity contribution in [3.63, 3.8) is 0 Å². The minimum Gasteiger partial charge on any atom is -0.388 e. The van der Waals surface area contributed by atoms with E-state index in [1.807, 2.05) is 0 Å². The van der Waals surface area contributed by atoms with Gasteiger partial charge in [0.15, 0.2) is 0 Å². The second-order valence-electron chi connectivity index (χ2n) is 5.65. The minimum absolute atomic E-state index is 0.0868. The van der Waals surface area contributed by atoms with E-state index in [2.05, 4.69) is 13.8 Å². The van der Waals surface area contributed by atoms with Gasteiger partial charge in [-0.2, -0.15) is 0 Å². The molecule has 0 bridgehead atoms. The first-order chi connectivity index (χ1) is 8.49. The van der Waals surface area contributed by atoms with Crippen molar-refractivity contribution in [1.29, 1.82) is 0 Å². The number of aliphatic hydroxyl groups excluding tert-OH is 1. The van der Waals surface area contributed by atoms with E-state index < -0.39 is 11.9 Å². The average molecular weight is 271 g/mol. The summed E-state index contributed by atoms with van der Waals surface area (Å²) in [4.78, 5) is 0. The summed E-state index contributed by atoms with van der Waals surface area (Å²) in [6.07, 6.45) is 2.68. The Balaban J connectivity index is 2.11. The van der Waals surface area contributed by atoms with Gasteiger partial charge in [-0.1, -0.05) is 37.9 Å². The van der Waals surface area contributed by atoms with Crippen molar-refractivity contribution < 1.29 is 9.50 Å². The molecule has 0 spiro atoms. The highest BCUT2D eigenvalue weighted by atomic mass is 35.5. The SMILES string of the molecule is CC1CCC(C(O)c2ccc(F)c(Cl)c2)CC1C. The highest BCUT2D eigenvalue weighted by Gasteiger charge is 2.30. The number of aliphatic hydroxyl groups is 1. The number of benzene rings is 1. The van der Waals surface area contributed by atoms with Crippen molar-refractivity contribution in [1.82, 2.24) is 0 Å². The summed E-state index contributed by atoms with van der Waals surface area (Å²) >= 11 is 5.76. The minimum atomic E-state index is -0.530. The van der Waals surface area contributed by atoms with Crippen molar-refractivity contribution in [3.8, 4) is 0 Å². The highest BCUT2D eigenvalue weighted by molar-refractivity contribution is 6.30. The van der Waals surface area contributed by atoms with E-state index in [1.54, 1.807) is 12.1 Å². The van der Waals surface area contributed by atoms with Crippen molar-refractivity contribution in [3.05, 3.63) is 34.6 Å². The molecule has 1 saturated carbocycles. The average Bonchev–Trinajstić information content (AvgIpc) is 2.35. The summed E-state index contributed by atoms with van der Waals surface area (Å²) in [5, 5.41) is 10.5. The maximum absolute atomic E-state index is 13.1. The molecule has 0 aromatic heterocycles. The molecule has 4 unspecified atom stereocenters. The van der Waals surface area contributed by atoms with Crippen LogP contribution in [0.2, 0.25) is 5.02 Å². The lowest BCUT2D eigenvalue weighted by Crippen LogP contribution is -2.25. The van der Waals surface area contributed by atoms with Crippen LogP contribution < -0.4 is 0 Å². The lowest BCUT2D eigenvalue weighted by atomic mass is 9.73. The van der Waals surface area contributed by atoms with Crippen LogP contribution in [0, 0.1) is 23.6 Å². The summed E-state index contributed by atoms with van der Waals surface area (Å²) in [6.45, 7) is 4.50. The Labute approximate surface area is 113 Å². The van der Waals surface area contributed by atoms with Crippen molar-refractivity contribution in [2.24, 2.45) is 17.8 Å². The maximum Gasteiger partial charge on any atom is 0.141 e. The first kappa shape index (κ1) is 13.8. The normalized spacial score (nSPS) is 30.2. The summed E-state index contributed by atoms with van der Waals surface area (Å²) in [6, 6.07) is 4.51. The molecule has 3 heteroatoms. The molecule has 1 aliphatic rings. The molecule has 0 saturated heterocycles. The maximum atomic E-state index is 13.1. The van der Waals surface area contributed by atoms with Crippen LogP contribution in [0.25, 0.3) is 0 Å². The quantitative estimate of drug-likeness (QED) is 0.834. The molecular weight excluding hydrogens is 251 g/mol. The zero-order valence-corrected chi connectivity index (χ0v) is 11.6. The fraction of sp³-hybridized carbons (Fsp3) is 0.600. The van der Waals surface area contributed by atoms with Gasteiger partial charge in [-0.15, -0.1) is 0 Å². The predicted molar refractivity (Wildman–Crippen MR) is 72.0 cm³/mol. The van der Waals surface area contributed by atoms with Gasteiger partial charge in [-0.3, -0.25) is 0 Å². The molecule has 0 aliphatic heterocycles. The van der Waals surface area contributed by atoms with Gasteiger partial charge in [0.2, 0.25) is 0 Å². The molecule has 0 heterocycles. The van der Waals surface area contributed by atoms with Crippen LogP contribution in [0.3, 0.4) is 0 Å². The molecule has 18 heavy (non-hydrogen) atoms. The standard InChI is InChI=1S/C15H20ClFO/c1-9-3-4-11(7-10(9)2)15(18)12-5-6-14(17)13(16)8-12/h5-6,8-11,15,18H,3-4,7H2,1-2H3. The van der Waals surface area contributed by atoms with Gasteiger partial charge >= 0.3 is 0 Å². The van der Waals surface area contributed by atoms with Crippen LogP contribution >= 0.6 is 11.6 Å². The molecule has 1 aromatic rings. The number of hydrogen-bond acceptors (Lipinski definition) is 1. The van der Waals surface area contributed by atoms with Crippen LogP contribution in [-0.2, 0) is 0 Å². The van der Waals surface area contributed by atoms with E-state index in [1.165, 1.54) is 6.07 Å². The van der Waals surface area contributed by atoms with Crippen molar-refractivity contribution in [2.75, 3.05) is 0 Å². The third kappa shape index (κ3) is 2.86. The number of hydrogen-bond donors (Lipinski definition) is 1. The Morgan fingerprint density at radius 1 is 1.28 bits per heavy atom. The van der Waals surface area contributed by atoms with Gasteiger partial charge in [-0.25, -0.2) is 4.39 Å². The van der Waals surface area contributed by atoms with Crippen molar-refractivity contribution >= 4 is 11.6 Å². The Bertz CT molecular complexity index is 421. The zero-order valence-electron chi connectivity index (χ0n) is 10.9. The zero-order chi connectivity index (χ0) is 13.3. The third-order valence-corrected chi connectivity index (χ3v) is 4.66. The smallest absolute Gasteiger partial charge is 0.141 e. The van der Waals surface area contributed by atoms with E-state index in [0.717, 1.165) is 30.7 Å². The Morgan fingerprint density at radius 2 is 2.00 bits per heavy atom. The highest BCUT2D eigenvalue weighted by Crippen LogP contribution is 2.40. The molecule has 1 nitrogen and oxygen atoms in total. The second kappa shape index (κ2) is 5.58. The summed E-state index contributed by atoms with van der Waals surface area (Å²) in [7, 11) is 0. The fourth-order valence-electron chi connectivity index (χ4n) is 2.84. The summed E-state index contributed by atoms with van der Waals surface area (Å²) in [5.41, 5.74) is 0.730. The lowest BCUT2D eigenvalue weighted by Gasteiger charge is -2.34. The Hall–Kier alpha value is -0.600. The van der Waals surface area contributed by atoms with Crippen molar-refractivity contribution in [2.45, 2.75) is 39.2 Å². The molecule has 1 N–H and O–H groups in total. The van der Waals surface area contributed by atoms with Gasteiger partial charge in [0.25, 0.3) is 0 Å². The Kier molecular flexibility index (Phi) is 4.29. The van der Waals surface area contributed by atoms with Gasteiger partial charge in [-0.05, 0) is 48.3 Å². The van der Waals surface area contributed by atoms with E-state index in [9.17, 15) is 9.50 Å². The molecule has 1 aromatic carbocycles. The van der Waals surface area contributed by atoms with Crippen LogP contribution in [0.4, 0.5) is 4.39 Å². The topological polar surface area (TPSA) is 20.2 Å². The van der Waals surface area contributed by atoms with E-state index in [0.29, 0.717) is 5.92 Å². The monoisotopic (exact) mass is 270 g/mol. The molecule has 4 atom stereocenters. The van der Waals surface area contributed by atoms with Gasteiger partial charge < -0.3 is 5.11 Å². The van der Waals surface area contributed by atoms with E-state index in [4.69, 9.17) is 11.6 Å². The fourth-order valence-corrected chi connectivity index (χ4v) is 3.03. The Morgan fingerprint density at radius 3 is 2.61 bits per heavy atom. The van der Waals surface area contributed by atoms with Gasteiger partial charge in [0, 0.05) is 0 Å². The van der Waals surface area contributed by atoms with Gasteiger partial charge in [0.05, 0.1) is 11.1 Å². The molecule has 1 aliphatic carbocycles. The molecule has 1 fully saturated rings. The third-order valence-electron chi connectivity index (χ3n) is 4.37. The summed E-state index contributed by atoms with van der Waals surface area (Å²) < 4.78 is 13.1. The van der Waals surface area contributed by atoms with E-state index >= 15 is 0 Å². The molecule has 0 radical (unpaired) electrons. The first-order valence-electron chi connectivity index (χ1n) is 6.62. The predicted octanol–water partition coefficient (Wildman–Crippen LogP) is 4.58. The number of rotatable bonds is 2. The summed E-state index contributed by atoms with van der Waals surface area (Å²) in [5.74, 6) is 1.19. The first-order valence-corrected chi connectivity index (χ1v) is 7.00. The lowest BCUT2D eigenvalue weighted by molar-refractivity contribution is 0.0561. The molecular formula is C15H20ClFO.